The molecule has 0 fully saturated rings. The third kappa shape index (κ3) is 3.24. The van der Waals surface area contributed by atoms with Gasteiger partial charge in [-0.1, -0.05) is 55.0 Å². The number of hydrogen-bond acceptors (Lipinski definition) is 3. The zero-order chi connectivity index (χ0) is 19.7. The van der Waals surface area contributed by atoms with Crippen LogP contribution in [0, 0.1) is 6.92 Å². The lowest BCUT2D eigenvalue weighted by atomic mass is 10.1. The number of nitrogens with zero attached hydrogens (tertiary/aromatic N) is 3. The Labute approximate surface area is 164 Å². The largest absolute Gasteiger partial charge is 0.310 e. The van der Waals surface area contributed by atoms with Crippen molar-refractivity contribution in [3.63, 3.8) is 0 Å². The molecule has 5 heteroatoms. The molecule has 1 aliphatic rings. The van der Waals surface area contributed by atoms with Gasteiger partial charge in [0, 0.05) is 23.9 Å². The van der Waals surface area contributed by atoms with Gasteiger partial charge in [-0.2, -0.15) is 5.10 Å². The van der Waals surface area contributed by atoms with Gasteiger partial charge in [0.25, 0.3) is 11.5 Å². The molecular formula is C23H23N3O2. The Balaban J connectivity index is 1.70. The van der Waals surface area contributed by atoms with Crippen molar-refractivity contribution in [2.75, 3.05) is 11.4 Å². The number of carbonyl (C=O) groups excluding carboxylic acids is 1. The molecule has 2 aromatic carbocycles. The summed E-state index contributed by atoms with van der Waals surface area (Å²) in [5.74, 6) is -0.0805. The van der Waals surface area contributed by atoms with E-state index in [1.807, 2.05) is 62.4 Å². The van der Waals surface area contributed by atoms with Gasteiger partial charge < -0.3 is 4.90 Å². The lowest BCUT2D eigenvalue weighted by molar-refractivity contribution is -0.122. The number of benzene rings is 2. The average molecular weight is 373 g/mol. The molecular weight excluding hydrogens is 350 g/mol. The number of para-hydroxylation sites is 1. The monoisotopic (exact) mass is 373 g/mol. The minimum Gasteiger partial charge on any atom is -0.310 e. The lowest BCUT2D eigenvalue weighted by Gasteiger charge is -2.24. The molecule has 1 atom stereocenters. The topological polar surface area (TPSA) is 55.2 Å². The van der Waals surface area contributed by atoms with Crippen molar-refractivity contribution in [1.29, 1.82) is 0 Å². The number of aryl methyl sites for hydroxylation is 1. The Morgan fingerprint density at radius 1 is 1.07 bits per heavy atom. The molecule has 3 aromatic rings. The number of anilines is 1. The van der Waals surface area contributed by atoms with E-state index in [1.54, 1.807) is 11.0 Å². The van der Waals surface area contributed by atoms with Crippen LogP contribution in [0.3, 0.4) is 0 Å². The molecule has 1 amide bonds. The Morgan fingerprint density at radius 3 is 2.57 bits per heavy atom. The maximum Gasteiger partial charge on any atom is 0.267 e. The second-order valence-corrected chi connectivity index (χ2v) is 7.16. The first-order valence-corrected chi connectivity index (χ1v) is 9.64. The van der Waals surface area contributed by atoms with Crippen molar-refractivity contribution >= 4 is 11.6 Å². The third-order valence-corrected chi connectivity index (χ3v) is 5.29. The second kappa shape index (κ2) is 7.43. The quantitative estimate of drug-likeness (QED) is 0.700. The van der Waals surface area contributed by atoms with Gasteiger partial charge in [0.05, 0.1) is 5.69 Å². The minimum absolute atomic E-state index is 0.0805. The summed E-state index contributed by atoms with van der Waals surface area (Å²) < 4.78 is 1.35. The maximum absolute atomic E-state index is 13.3. The van der Waals surface area contributed by atoms with E-state index < -0.39 is 6.04 Å². The fourth-order valence-electron chi connectivity index (χ4n) is 3.73. The Bertz CT molecular complexity index is 1070. The Kier molecular flexibility index (Phi) is 4.82. The van der Waals surface area contributed by atoms with Crippen LogP contribution in [0.5, 0.6) is 0 Å². The van der Waals surface area contributed by atoms with E-state index in [-0.39, 0.29) is 11.5 Å². The molecule has 0 unspecified atom stereocenters. The summed E-state index contributed by atoms with van der Waals surface area (Å²) in [5, 5.41) is 4.55. The first kappa shape index (κ1) is 18.2. The van der Waals surface area contributed by atoms with Crippen molar-refractivity contribution < 1.29 is 4.79 Å². The summed E-state index contributed by atoms with van der Waals surface area (Å²) >= 11 is 0. The van der Waals surface area contributed by atoms with Gasteiger partial charge in [0.15, 0.2) is 0 Å². The summed E-state index contributed by atoms with van der Waals surface area (Å²) in [5.41, 5.74) is 4.61. The zero-order valence-electron chi connectivity index (χ0n) is 16.1. The third-order valence-electron chi connectivity index (χ3n) is 5.29. The van der Waals surface area contributed by atoms with Gasteiger partial charge in [0.1, 0.15) is 6.04 Å². The van der Waals surface area contributed by atoms with E-state index in [0.717, 1.165) is 23.2 Å². The van der Waals surface area contributed by atoms with Gasteiger partial charge in [-0.15, -0.1) is 0 Å². The van der Waals surface area contributed by atoms with E-state index in [9.17, 15) is 9.59 Å². The molecule has 0 spiro atoms. The van der Waals surface area contributed by atoms with Gasteiger partial charge in [0.2, 0.25) is 0 Å². The molecule has 1 aromatic heterocycles. The average Bonchev–Trinajstić information content (AvgIpc) is 3.14. The van der Waals surface area contributed by atoms with Crippen LogP contribution in [0.4, 0.5) is 5.69 Å². The van der Waals surface area contributed by atoms with E-state index in [1.165, 1.54) is 16.3 Å². The van der Waals surface area contributed by atoms with Gasteiger partial charge >= 0.3 is 0 Å². The van der Waals surface area contributed by atoms with Crippen LogP contribution in [-0.4, -0.2) is 22.2 Å². The molecule has 0 N–H and O–H groups in total. The highest BCUT2D eigenvalue weighted by Gasteiger charge is 2.31. The molecule has 0 radical (unpaired) electrons. The van der Waals surface area contributed by atoms with E-state index >= 15 is 0 Å². The fraction of sp³-hybridized carbons (Fsp3) is 0.261. The standard InChI is InChI=1S/C23H23N3O2/c1-3-20(23(28)25-15-14-18-6-4-5-7-21(18)25)26-22(27)13-12-19(24-26)17-10-8-16(2)9-11-17/h4-13,20H,3,14-15H2,1-2H3/t20-/m0/s1. The normalized spacial score (nSPS) is 14.0. The molecule has 1 aliphatic heterocycles. The first-order chi connectivity index (χ1) is 13.6. The Hall–Kier alpha value is -3.21. The van der Waals surface area contributed by atoms with Crippen molar-refractivity contribution in [1.82, 2.24) is 9.78 Å². The van der Waals surface area contributed by atoms with Crippen LogP contribution >= 0.6 is 0 Å². The molecule has 0 saturated carbocycles. The van der Waals surface area contributed by atoms with Crippen LogP contribution in [-0.2, 0) is 11.2 Å². The molecule has 0 saturated heterocycles. The smallest absolute Gasteiger partial charge is 0.267 e. The van der Waals surface area contributed by atoms with Crippen LogP contribution < -0.4 is 10.5 Å². The van der Waals surface area contributed by atoms with Crippen molar-refractivity contribution in [2.24, 2.45) is 0 Å². The van der Waals surface area contributed by atoms with Crippen molar-refractivity contribution in [2.45, 2.75) is 32.7 Å². The maximum atomic E-state index is 13.3. The van der Waals surface area contributed by atoms with Gasteiger partial charge in [-0.3, -0.25) is 9.59 Å². The fourth-order valence-corrected chi connectivity index (χ4v) is 3.73. The van der Waals surface area contributed by atoms with Gasteiger partial charge in [-0.25, -0.2) is 4.68 Å². The summed E-state index contributed by atoms with van der Waals surface area (Å²) in [6, 6.07) is 18.5. The number of fused-ring (bicyclic) bond motifs is 1. The zero-order valence-corrected chi connectivity index (χ0v) is 16.1. The number of aromatic nitrogens is 2. The molecule has 28 heavy (non-hydrogen) atoms. The predicted octanol–water partition coefficient (Wildman–Crippen LogP) is 3.76. The summed E-state index contributed by atoms with van der Waals surface area (Å²) in [6.45, 7) is 4.58. The number of carbonyl (C=O) groups is 1. The second-order valence-electron chi connectivity index (χ2n) is 7.16. The highest BCUT2D eigenvalue weighted by molar-refractivity contribution is 5.97. The molecule has 5 nitrogen and oxygen atoms in total. The number of hydrogen-bond donors (Lipinski definition) is 0. The SMILES string of the molecule is CC[C@@H](C(=O)N1CCc2ccccc21)n1nc(-c2ccc(C)cc2)ccc1=O. The summed E-state index contributed by atoms with van der Waals surface area (Å²) in [4.78, 5) is 27.7. The lowest BCUT2D eigenvalue weighted by Crippen LogP contribution is -2.40. The molecule has 0 aliphatic carbocycles. The molecule has 0 bridgehead atoms. The predicted molar refractivity (Wildman–Crippen MR) is 110 cm³/mol. The van der Waals surface area contributed by atoms with Crippen molar-refractivity contribution in [3.05, 3.63) is 82.1 Å². The van der Waals surface area contributed by atoms with Crippen LogP contribution in [0.25, 0.3) is 11.3 Å². The molecule has 142 valence electrons. The van der Waals surface area contributed by atoms with Gasteiger partial charge in [-0.05, 0) is 37.5 Å². The molecule has 2 heterocycles. The summed E-state index contributed by atoms with van der Waals surface area (Å²) in [7, 11) is 0. The van der Waals surface area contributed by atoms with E-state index in [0.29, 0.717) is 18.7 Å². The van der Waals surface area contributed by atoms with E-state index in [4.69, 9.17) is 0 Å². The minimum atomic E-state index is -0.621. The summed E-state index contributed by atoms with van der Waals surface area (Å²) in [6.07, 6.45) is 1.34. The number of rotatable bonds is 4. The van der Waals surface area contributed by atoms with Crippen LogP contribution in [0.1, 0.15) is 30.5 Å². The first-order valence-electron chi connectivity index (χ1n) is 9.64. The van der Waals surface area contributed by atoms with Crippen LogP contribution in [0.15, 0.2) is 65.5 Å². The van der Waals surface area contributed by atoms with Crippen LogP contribution in [0.2, 0.25) is 0 Å². The molecule has 4 rings (SSSR count). The Morgan fingerprint density at radius 2 is 1.82 bits per heavy atom. The highest BCUT2D eigenvalue weighted by atomic mass is 16.2. The number of amides is 1. The highest BCUT2D eigenvalue weighted by Crippen LogP contribution is 2.30. The van der Waals surface area contributed by atoms with E-state index in [2.05, 4.69) is 5.10 Å². The van der Waals surface area contributed by atoms with Crippen molar-refractivity contribution in [3.8, 4) is 11.3 Å².